The molecule has 0 aliphatic rings. The zero-order valence-corrected chi connectivity index (χ0v) is 17.9. The average Bonchev–Trinajstić information content (AvgIpc) is 3.54. The lowest BCUT2D eigenvalue weighted by atomic mass is 10.2. The number of aryl methyl sites for hydroxylation is 2. The van der Waals surface area contributed by atoms with E-state index in [1.807, 2.05) is 29.0 Å². The maximum Gasteiger partial charge on any atom is 0.196 e. The van der Waals surface area contributed by atoms with Crippen molar-refractivity contribution in [3.8, 4) is 17.2 Å². The Morgan fingerprint density at radius 3 is 2.72 bits per heavy atom. The predicted octanol–water partition coefficient (Wildman–Crippen LogP) is 3.52. The maximum atomic E-state index is 11.3. The van der Waals surface area contributed by atoms with Crippen LogP contribution in [0.4, 0.5) is 0 Å². The lowest BCUT2D eigenvalue weighted by Crippen LogP contribution is -2.06. The second kappa shape index (κ2) is 8.18. The van der Waals surface area contributed by atoms with E-state index in [1.54, 1.807) is 12.3 Å². The number of hydrogen-bond donors (Lipinski definition) is 1. The van der Waals surface area contributed by atoms with E-state index < -0.39 is 0 Å². The monoisotopic (exact) mass is 426 g/mol. The van der Waals surface area contributed by atoms with Crippen molar-refractivity contribution in [3.05, 3.63) is 71.3 Å². The van der Waals surface area contributed by atoms with Crippen molar-refractivity contribution in [3.63, 3.8) is 0 Å². The Bertz CT molecular complexity index is 1380. The SMILES string of the molecule is CCCc1nc2c(C)ccnc2n1Cc1ccc(-n2cc(C=O)cc2-c2nnn[nH]2)cc1. The summed E-state index contributed by atoms with van der Waals surface area (Å²) in [5.74, 6) is 1.55. The third kappa shape index (κ3) is 3.47. The van der Waals surface area contributed by atoms with Crippen molar-refractivity contribution in [2.45, 2.75) is 33.2 Å². The number of imidazole rings is 1. The Kier molecular flexibility index (Phi) is 5.06. The van der Waals surface area contributed by atoms with Gasteiger partial charge in [-0.3, -0.25) is 4.79 Å². The normalized spacial score (nSPS) is 11.3. The summed E-state index contributed by atoms with van der Waals surface area (Å²) < 4.78 is 4.10. The lowest BCUT2D eigenvalue weighted by Gasteiger charge is -2.11. The van der Waals surface area contributed by atoms with Crippen LogP contribution in [0.25, 0.3) is 28.4 Å². The summed E-state index contributed by atoms with van der Waals surface area (Å²) in [4.78, 5) is 20.8. The summed E-state index contributed by atoms with van der Waals surface area (Å²) in [5.41, 5.74) is 6.33. The Morgan fingerprint density at radius 1 is 1.16 bits per heavy atom. The molecule has 0 radical (unpaired) electrons. The molecule has 4 heterocycles. The number of nitrogens with one attached hydrogen (secondary N) is 1. The molecular formula is C23H22N8O. The summed E-state index contributed by atoms with van der Waals surface area (Å²) in [5, 5.41) is 14.0. The molecule has 5 aromatic rings. The summed E-state index contributed by atoms with van der Waals surface area (Å²) in [6, 6.07) is 12.0. The zero-order valence-electron chi connectivity index (χ0n) is 17.9. The van der Waals surface area contributed by atoms with Crippen LogP contribution in [0.2, 0.25) is 0 Å². The van der Waals surface area contributed by atoms with Gasteiger partial charge in [-0.25, -0.2) is 15.1 Å². The molecule has 9 heteroatoms. The van der Waals surface area contributed by atoms with Gasteiger partial charge >= 0.3 is 0 Å². The molecule has 0 saturated carbocycles. The van der Waals surface area contributed by atoms with Gasteiger partial charge < -0.3 is 9.13 Å². The van der Waals surface area contributed by atoms with E-state index in [-0.39, 0.29) is 0 Å². The molecule has 0 aliphatic carbocycles. The van der Waals surface area contributed by atoms with Gasteiger partial charge in [-0.15, -0.1) is 5.10 Å². The molecule has 0 bridgehead atoms. The highest BCUT2D eigenvalue weighted by atomic mass is 16.1. The van der Waals surface area contributed by atoms with Crippen LogP contribution < -0.4 is 0 Å². The van der Waals surface area contributed by atoms with E-state index in [0.717, 1.165) is 58.6 Å². The van der Waals surface area contributed by atoms with E-state index in [1.165, 1.54) is 0 Å². The molecule has 0 unspecified atom stereocenters. The van der Waals surface area contributed by atoms with Gasteiger partial charge in [-0.1, -0.05) is 19.1 Å². The smallest absolute Gasteiger partial charge is 0.196 e. The van der Waals surface area contributed by atoms with Crippen LogP contribution in [0, 0.1) is 6.92 Å². The van der Waals surface area contributed by atoms with Crippen LogP contribution in [0.15, 0.2) is 48.8 Å². The Hall–Kier alpha value is -4.14. The van der Waals surface area contributed by atoms with Crippen molar-refractivity contribution in [2.24, 2.45) is 0 Å². The van der Waals surface area contributed by atoms with Gasteiger partial charge in [0.25, 0.3) is 0 Å². The van der Waals surface area contributed by atoms with Gasteiger partial charge in [-0.2, -0.15) is 0 Å². The number of nitrogens with zero attached hydrogens (tertiary/aromatic N) is 7. The van der Waals surface area contributed by atoms with Gasteiger partial charge in [0, 0.05) is 30.1 Å². The van der Waals surface area contributed by atoms with Crippen molar-refractivity contribution >= 4 is 17.5 Å². The molecule has 1 aromatic carbocycles. The molecular weight excluding hydrogens is 404 g/mol. The van der Waals surface area contributed by atoms with Gasteiger partial charge in [0.2, 0.25) is 0 Å². The highest BCUT2D eigenvalue weighted by Gasteiger charge is 2.15. The van der Waals surface area contributed by atoms with E-state index in [2.05, 4.69) is 56.2 Å². The Labute approximate surface area is 184 Å². The average molecular weight is 426 g/mol. The van der Waals surface area contributed by atoms with Crippen LogP contribution in [0.3, 0.4) is 0 Å². The first-order valence-electron chi connectivity index (χ1n) is 10.5. The molecule has 9 nitrogen and oxygen atoms in total. The van der Waals surface area contributed by atoms with Crippen LogP contribution in [0.1, 0.15) is 40.7 Å². The second-order valence-corrected chi connectivity index (χ2v) is 7.73. The quantitative estimate of drug-likeness (QED) is 0.399. The summed E-state index contributed by atoms with van der Waals surface area (Å²) in [7, 11) is 0. The lowest BCUT2D eigenvalue weighted by molar-refractivity contribution is 0.112. The van der Waals surface area contributed by atoms with Crippen molar-refractivity contribution in [1.82, 2.24) is 39.7 Å². The van der Waals surface area contributed by atoms with E-state index in [0.29, 0.717) is 17.9 Å². The first-order valence-corrected chi connectivity index (χ1v) is 10.5. The van der Waals surface area contributed by atoms with E-state index >= 15 is 0 Å². The number of carbonyl (C=O) groups is 1. The topological polar surface area (TPSA) is 107 Å². The van der Waals surface area contributed by atoms with Crippen LogP contribution in [-0.2, 0) is 13.0 Å². The first-order chi connectivity index (χ1) is 15.7. The molecule has 32 heavy (non-hydrogen) atoms. The van der Waals surface area contributed by atoms with Gasteiger partial charge in [0.05, 0.1) is 12.2 Å². The van der Waals surface area contributed by atoms with Crippen LogP contribution in [-0.4, -0.2) is 46.0 Å². The number of tetrazole rings is 1. The molecule has 0 fully saturated rings. The minimum Gasteiger partial charge on any atom is -0.313 e. The van der Waals surface area contributed by atoms with Gasteiger partial charge in [0.15, 0.2) is 17.8 Å². The van der Waals surface area contributed by atoms with Crippen molar-refractivity contribution in [1.29, 1.82) is 0 Å². The van der Waals surface area contributed by atoms with Gasteiger partial charge in [-0.05, 0) is 59.2 Å². The molecule has 0 atom stereocenters. The molecule has 5 rings (SSSR count). The number of fused-ring (bicyclic) bond motifs is 1. The molecule has 1 N–H and O–H groups in total. The van der Waals surface area contributed by atoms with Crippen molar-refractivity contribution < 1.29 is 4.79 Å². The summed E-state index contributed by atoms with van der Waals surface area (Å²) in [6.07, 6.45) is 6.35. The fourth-order valence-electron chi connectivity index (χ4n) is 3.92. The maximum absolute atomic E-state index is 11.3. The second-order valence-electron chi connectivity index (χ2n) is 7.73. The Morgan fingerprint density at radius 2 is 2.00 bits per heavy atom. The largest absolute Gasteiger partial charge is 0.313 e. The number of aromatic amines is 1. The molecule has 160 valence electrons. The number of benzene rings is 1. The number of carbonyl (C=O) groups excluding carboxylic acids is 1. The zero-order chi connectivity index (χ0) is 22.1. The standard InChI is InChI=1S/C23H22N8O/c1-3-4-20-25-21-15(2)9-10-24-23(21)31(20)12-16-5-7-18(8-6-16)30-13-17(14-32)11-19(30)22-26-28-29-27-22/h5-11,13-14H,3-4,12H2,1-2H3,(H,26,27,28,29). The Balaban J connectivity index is 1.50. The number of rotatable bonds is 7. The van der Waals surface area contributed by atoms with Crippen molar-refractivity contribution in [2.75, 3.05) is 0 Å². The number of aldehydes is 1. The molecule has 4 aromatic heterocycles. The van der Waals surface area contributed by atoms with E-state index in [4.69, 9.17) is 4.98 Å². The summed E-state index contributed by atoms with van der Waals surface area (Å²) in [6.45, 7) is 4.91. The fourth-order valence-corrected chi connectivity index (χ4v) is 3.92. The fraction of sp³-hybridized carbons (Fsp3) is 0.217. The number of pyridine rings is 1. The minimum atomic E-state index is 0.498. The third-order valence-electron chi connectivity index (χ3n) is 5.51. The number of H-pyrrole nitrogens is 1. The molecule has 0 spiro atoms. The summed E-state index contributed by atoms with van der Waals surface area (Å²) >= 11 is 0. The minimum absolute atomic E-state index is 0.498. The van der Waals surface area contributed by atoms with Gasteiger partial charge in [0.1, 0.15) is 11.3 Å². The number of aromatic nitrogens is 8. The highest BCUT2D eigenvalue weighted by molar-refractivity contribution is 5.78. The number of hydrogen-bond acceptors (Lipinski definition) is 6. The first kappa shape index (κ1) is 19.8. The molecule has 0 aliphatic heterocycles. The van der Waals surface area contributed by atoms with Crippen LogP contribution in [0.5, 0.6) is 0 Å². The van der Waals surface area contributed by atoms with E-state index in [9.17, 15) is 4.79 Å². The predicted molar refractivity (Wildman–Crippen MR) is 120 cm³/mol. The third-order valence-corrected chi connectivity index (χ3v) is 5.51. The molecule has 0 amide bonds. The molecule has 0 saturated heterocycles. The van der Waals surface area contributed by atoms with Crippen LogP contribution >= 0.6 is 0 Å². The highest BCUT2D eigenvalue weighted by Crippen LogP contribution is 2.24.